The SMILES string of the molecule is CC(C)(C)OC(=O)NCC1CCC(C(=O)N(c2ccc(-c3nn[nH]n3)cc2)[C@@H](Cc2ccc(-c3cncc(N)c3)cc2)C(N)=O)CC1. The molecule has 0 spiro atoms. The summed E-state index contributed by atoms with van der Waals surface area (Å²) in [4.78, 5) is 45.3. The lowest BCUT2D eigenvalue weighted by Gasteiger charge is -2.36. The van der Waals surface area contributed by atoms with Crippen molar-refractivity contribution in [3.8, 4) is 22.5 Å². The van der Waals surface area contributed by atoms with Gasteiger partial charge in [-0.15, -0.1) is 10.2 Å². The Bertz CT molecular complexity index is 1660. The molecule has 0 saturated heterocycles. The van der Waals surface area contributed by atoms with Crippen molar-refractivity contribution in [3.05, 3.63) is 72.6 Å². The third kappa shape index (κ3) is 8.69. The maximum Gasteiger partial charge on any atom is 0.407 e. The molecule has 2 heterocycles. The number of rotatable bonds is 10. The number of nitrogens with zero attached hydrogens (tertiary/aromatic N) is 5. The normalized spacial score (nSPS) is 17.0. The molecular weight excluding hydrogens is 598 g/mol. The van der Waals surface area contributed by atoms with E-state index < -0.39 is 23.6 Å². The van der Waals surface area contributed by atoms with Gasteiger partial charge in [0.25, 0.3) is 0 Å². The number of amides is 3. The maximum absolute atomic E-state index is 14.3. The summed E-state index contributed by atoms with van der Waals surface area (Å²) < 4.78 is 5.36. The number of aromatic nitrogens is 5. The smallest absolute Gasteiger partial charge is 0.407 e. The topological polar surface area (TPSA) is 195 Å². The Balaban J connectivity index is 1.35. The van der Waals surface area contributed by atoms with Gasteiger partial charge in [0.05, 0.1) is 5.69 Å². The van der Waals surface area contributed by atoms with Crippen LogP contribution in [0.15, 0.2) is 67.0 Å². The highest BCUT2D eigenvalue weighted by Crippen LogP contribution is 2.33. The summed E-state index contributed by atoms with van der Waals surface area (Å²) in [6, 6.07) is 15.7. The number of carbonyl (C=O) groups excluding carboxylic acids is 3. The van der Waals surface area contributed by atoms with Crippen molar-refractivity contribution < 1.29 is 19.1 Å². The Morgan fingerprint density at radius 1 is 0.979 bits per heavy atom. The Morgan fingerprint density at radius 2 is 1.66 bits per heavy atom. The number of ether oxygens (including phenoxy) is 1. The Morgan fingerprint density at radius 3 is 2.26 bits per heavy atom. The fraction of sp³-hybridized carbons (Fsp3) is 0.382. The molecule has 2 aromatic heterocycles. The molecule has 13 heteroatoms. The lowest BCUT2D eigenvalue weighted by atomic mass is 9.81. The van der Waals surface area contributed by atoms with Crippen molar-refractivity contribution in [3.63, 3.8) is 0 Å². The number of anilines is 2. The van der Waals surface area contributed by atoms with Gasteiger partial charge in [0.2, 0.25) is 17.6 Å². The molecule has 4 aromatic rings. The number of hydrogen-bond donors (Lipinski definition) is 4. The summed E-state index contributed by atoms with van der Waals surface area (Å²) in [7, 11) is 0. The molecule has 246 valence electrons. The second kappa shape index (κ2) is 14.4. The average Bonchev–Trinajstić information content (AvgIpc) is 3.59. The van der Waals surface area contributed by atoms with Crippen LogP contribution in [0.4, 0.5) is 16.2 Å². The average molecular weight is 640 g/mol. The van der Waals surface area contributed by atoms with Crippen LogP contribution in [0, 0.1) is 11.8 Å². The summed E-state index contributed by atoms with van der Waals surface area (Å²) in [6.07, 6.45) is 5.82. The maximum atomic E-state index is 14.3. The highest BCUT2D eigenvalue weighted by Gasteiger charge is 2.36. The van der Waals surface area contributed by atoms with E-state index in [-0.39, 0.29) is 24.2 Å². The van der Waals surface area contributed by atoms with Gasteiger partial charge in [-0.1, -0.05) is 24.3 Å². The van der Waals surface area contributed by atoms with Crippen LogP contribution in [0.3, 0.4) is 0 Å². The Kier molecular flexibility index (Phi) is 10.1. The second-order valence-corrected chi connectivity index (χ2v) is 12.9. The highest BCUT2D eigenvalue weighted by molar-refractivity contribution is 6.01. The third-order valence-electron chi connectivity index (χ3n) is 8.23. The summed E-state index contributed by atoms with van der Waals surface area (Å²) in [5, 5.41) is 17.0. The Hall–Kier alpha value is -5.33. The zero-order chi connectivity index (χ0) is 33.6. The van der Waals surface area contributed by atoms with Crippen LogP contribution in [0.2, 0.25) is 0 Å². The molecule has 5 rings (SSSR count). The van der Waals surface area contributed by atoms with Gasteiger partial charge in [-0.25, -0.2) is 4.79 Å². The Labute approximate surface area is 273 Å². The van der Waals surface area contributed by atoms with Crippen LogP contribution < -0.4 is 21.7 Å². The quantitative estimate of drug-likeness (QED) is 0.196. The van der Waals surface area contributed by atoms with E-state index in [2.05, 4.69) is 30.9 Å². The van der Waals surface area contributed by atoms with Gasteiger partial charge >= 0.3 is 6.09 Å². The van der Waals surface area contributed by atoms with Crippen LogP contribution >= 0.6 is 0 Å². The molecule has 2 aromatic carbocycles. The molecule has 0 radical (unpaired) electrons. The molecule has 0 bridgehead atoms. The van der Waals surface area contributed by atoms with Crippen LogP contribution in [-0.2, 0) is 20.7 Å². The van der Waals surface area contributed by atoms with E-state index in [1.165, 1.54) is 0 Å². The molecule has 47 heavy (non-hydrogen) atoms. The van der Waals surface area contributed by atoms with Gasteiger partial charge in [0.15, 0.2) is 0 Å². The van der Waals surface area contributed by atoms with E-state index in [9.17, 15) is 14.4 Å². The van der Waals surface area contributed by atoms with Crippen molar-refractivity contribution >= 4 is 29.3 Å². The standard InChI is InChI=1S/C34H41N9O4/c1-34(2,3)47-33(46)38-18-22-6-10-25(11-7-22)32(45)43(28-14-12-24(13-15-28)31-39-41-42-40-31)29(30(36)44)16-21-4-8-23(9-5-21)26-17-27(35)20-37-19-26/h4-5,8-9,12-15,17,19-20,22,25,29H,6-7,10-11,16,18,35H2,1-3H3,(H2,36,44)(H,38,46)(H,39,40,41,42)/t22?,25?,29-/m0/s1. The first kappa shape index (κ1) is 33.0. The van der Waals surface area contributed by atoms with Crippen LogP contribution in [-0.4, -0.2) is 61.7 Å². The van der Waals surface area contributed by atoms with E-state index in [1.54, 1.807) is 41.6 Å². The van der Waals surface area contributed by atoms with Crippen LogP contribution in [0.25, 0.3) is 22.5 Å². The van der Waals surface area contributed by atoms with Crippen molar-refractivity contribution in [2.45, 2.75) is 64.5 Å². The van der Waals surface area contributed by atoms with Gasteiger partial charge in [-0.2, -0.15) is 5.21 Å². The highest BCUT2D eigenvalue weighted by atomic mass is 16.6. The van der Waals surface area contributed by atoms with Crippen molar-refractivity contribution in [2.24, 2.45) is 17.6 Å². The number of alkyl carbamates (subject to hydrolysis) is 1. The van der Waals surface area contributed by atoms with Gasteiger partial charge < -0.3 is 21.5 Å². The summed E-state index contributed by atoms with van der Waals surface area (Å²) >= 11 is 0. The zero-order valence-electron chi connectivity index (χ0n) is 26.8. The van der Waals surface area contributed by atoms with Gasteiger partial charge in [0.1, 0.15) is 11.6 Å². The number of pyridine rings is 1. The first-order valence-corrected chi connectivity index (χ1v) is 15.7. The van der Waals surface area contributed by atoms with E-state index >= 15 is 0 Å². The minimum Gasteiger partial charge on any atom is -0.444 e. The molecule has 1 aliphatic carbocycles. The second-order valence-electron chi connectivity index (χ2n) is 12.9. The largest absolute Gasteiger partial charge is 0.444 e. The van der Waals surface area contributed by atoms with Gasteiger partial charge in [-0.3, -0.25) is 19.5 Å². The van der Waals surface area contributed by atoms with E-state index in [4.69, 9.17) is 16.2 Å². The molecule has 3 amide bonds. The van der Waals surface area contributed by atoms with E-state index in [0.717, 1.165) is 29.5 Å². The molecule has 1 saturated carbocycles. The zero-order valence-corrected chi connectivity index (χ0v) is 26.8. The molecule has 1 atom stereocenters. The number of primary amides is 1. The van der Waals surface area contributed by atoms with Crippen molar-refractivity contribution in [1.82, 2.24) is 30.9 Å². The monoisotopic (exact) mass is 639 g/mol. The number of tetrazole rings is 1. The number of aromatic amines is 1. The molecule has 1 aliphatic rings. The number of benzene rings is 2. The molecule has 0 unspecified atom stereocenters. The first-order valence-electron chi connectivity index (χ1n) is 15.7. The third-order valence-corrected chi connectivity index (χ3v) is 8.23. The summed E-state index contributed by atoms with van der Waals surface area (Å²) in [5.41, 5.74) is 15.8. The summed E-state index contributed by atoms with van der Waals surface area (Å²) in [5.74, 6) is -0.462. The van der Waals surface area contributed by atoms with E-state index in [0.29, 0.717) is 42.1 Å². The first-order chi connectivity index (χ1) is 22.5. The molecule has 13 nitrogen and oxygen atoms in total. The lowest BCUT2D eigenvalue weighted by Crippen LogP contribution is -2.52. The van der Waals surface area contributed by atoms with E-state index in [1.807, 2.05) is 51.1 Å². The number of H-pyrrole nitrogens is 1. The predicted octanol–water partition coefficient (Wildman–Crippen LogP) is 4.27. The van der Waals surface area contributed by atoms with Crippen LogP contribution in [0.5, 0.6) is 0 Å². The molecule has 6 N–H and O–H groups in total. The summed E-state index contributed by atoms with van der Waals surface area (Å²) in [6.45, 7) is 5.94. The number of nitrogens with one attached hydrogen (secondary N) is 2. The minimum absolute atomic E-state index is 0.165. The van der Waals surface area contributed by atoms with Crippen LogP contribution in [0.1, 0.15) is 52.0 Å². The van der Waals surface area contributed by atoms with Gasteiger partial charge in [0, 0.05) is 48.1 Å². The lowest BCUT2D eigenvalue weighted by molar-refractivity contribution is -0.127. The fourth-order valence-corrected chi connectivity index (χ4v) is 5.86. The molecule has 1 fully saturated rings. The number of nitrogen functional groups attached to an aromatic ring is 1. The van der Waals surface area contributed by atoms with Gasteiger partial charge in [-0.05, 0) is 99.0 Å². The molecular formula is C34H41N9O4. The fourth-order valence-electron chi connectivity index (χ4n) is 5.86. The predicted molar refractivity (Wildman–Crippen MR) is 178 cm³/mol. The molecule has 0 aliphatic heterocycles. The van der Waals surface area contributed by atoms with Crippen molar-refractivity contribution in [1.29, 1.82) is 0 Å². The number of hydrogen-bond acceptors (Lipinski definition) is 9. The number of nitrogens with two attached hydrogens (primary N) is 2. The van der Waals surface area contributed by atoms with Crippen molar-refractivity contribution in [2.75, 3.05) is 17.2 Å². The minimum atomic E-state index is -0.940. The number of carbonyl (C=O) groups is 3.